The third-order valence-electron chi connectivity index (χ3n) is 3.31. The van der Waals surface area contributed by atoms with Crippen molar-refractivity contribution in [1.29, 1.82) is 0 Å². The molecule has 0 amide bonds. The van der Waals surface area contributed by atoms with Crippen LogP contribution in [-0.4, -0.2) is 5.78 Å². The summed E-state index contributed by atoms with van der Waals surface area (Å²) in [5.74, 6) is 1.37. The largest absolute Gasteiger partial charge is 0.456 e. The van der Waals surface area contributed by atoms with Crippen molar-refractivity contribution < 1.29 is 9.53 Å². The van der Waals surface area contributed by atoms with Gasteiger partial charge in [-0.05, 0) is 68.7 Å². The van der Waals surface area contributed by atoms with Crippen LogP contribution in [0, 0.1) is 20.8 Å². The summed E-state index contributed by atoms with van der Waals surface area (Å²) in [7, 11) is 0. The van der Waals surface area contributed by atoms with E-state index < -0.39 is 0 Å². The van der Waals surface area contributed by atoms with Gasteiger partial charge in [0.2, 0.25) is 0 Å². The third-order valence-corrected chi connectivity index (χ3v) is 3.80. The topological polar surface area (TPSA) is 26.3 Å². The molecule has 0 N–H and O–H groups in total. The highest BCUT2D eigenvalue weighted by atomic mass is 79.9. The fraction of sp³-hybridized carbons (Fsp3) is 0.235. The van der Waals surface area contributed by atoms with Gasteiger partial charge < -0.3 is 4.74 Å². The molecule has 104 valence electrons. The Bertz CT molecular complexity index is 675. The quantitative estimate of drug-likeness (QED) is 0.706. The number of aryl methyl sites for hydroxylation is 2. The van der Waals surface area contributed by atoms with Crippen LogP contribution in [0.25, 0.3) is 0 Å². The zero-order valence-electron chi connectivity index (χ0n) is 12.1. The minimum atomic E-state index is -0.00507. The summed E-state index contributed by atoms with van der Waals surface area (Å²) in [6.07, 6.45) is 0. The highest BCUT2D eigenvalue weighted by molar-refractivity contribution is 9.10. The van der Waals surface area contributed by atoms with Crippen LogP contribution in [0.15, 0.2) is 34.8 Å². The van der Waals surface area contributed by atoms with E-state index in [0.717, 1.165) is 21.3 Å². The number of carbonyl (C=O) groups excluding carboxylic acids is 1. The van der Waals surface area contributed by atoms with Crippen molar-refractivity contribution in [3.63, 3.8) is 0 Å². The van der Waals surface area contributed by atoms with E-state index in [1.165, 1.54) is 5.56 Å². The monoisotopic (exact) mass is 332 g/mol. The van der Waals surface area contributed by atoms with Gasteiger partial charge in [0.05, 0.1) is 5.56 Å². The molecule has 2 rings (SSSR count). The summed E-state index contributed by atoms with van der Waals surface area (Å²) >= 11 is 3.41. The van der Waals surface area contributed by atoms with Crippen LogP contribution < -0.4 is 4.74 Å². The van der Waals surface area contributed by atoms with Gasteiger partial charge in [0.15, 0.2) is 5.78 Å². The van der Waals surface area contributed by atoms with E-state index in [1.54, 1.807) is 13.0 Å². The minimum Gasteiger partial charge on any atom is -0.456 e. The van der Waals surface area contributed by atoms with E-state index in [2.05, 4.69) is 28.9 Å². The van der Waals surface area contributed by atoms with Crippen LogP contribution in [0.1, 0.15) is 34.0 Å². The van der Waals surface area contributed by atoms with Crippen molar-refractivity contribution in [1.82, 2.24) is 0 Å². The normalized spacial score (nSPS) is 10.4. The number of ether oxygens (including phenoxy) is 1. The average Bonchev–Trinajstić information content (AvgIpc) is 2.35. The Morgan fingerprint density at radius 3 is 2.40 bits per heavy atom. The lowest BCUT2D eigenvalue weighted by Gasteiger charge is -2.14. The van der Waals surface area contributed by atoms with Crippen LogP contribution in [0.4, 0.5) is 0 Å². The van der Waals surface area contributed by atoms with Crippen molar-refractivity contribution in [2.45, 2.75) is 27.7 Å². The molecule has 0 aliphatic carbocycles. The van der Waals surface area contributed by atoms with Crippen molar-refractivity contribution in [2.75, 3.05) is 0 Å². The molecule has 0 saturated carbocycles. The molecule has 0 aliphatic heterocycles. The maximum atomic E-state index is 11.7. The van der Waals surface area contributed by atoms with Gasteiger partial charge in [-0.15, -0.1) is 0 Å². The summed E-state index contributed by atoms with van der Waals surface area (Å²) in [6.45, 7) is 7.66. The highest BCUT2D eigenvalue weighted by Gasteiger charge is 2.12. The number of hydrogen-bond donors (Lipinski definition) is 0. The minimum absolute atomic E-state index is 0.00507. The molecule has 0 unspecified atom stereocenters. The van der Waals surface area contributed by atoms with Gasteiger partial charge in [0.25, 0.3) is 0 Å². The molecular weight excluding hydrogens is 316 g/mol. The third kappa shape index (κ3) is 3.10. The van der Waals surface area contributed by atoms with Crippen LogP contribution in [0.3, 0.4) is 0 Å². The molecule has 0 heterocycles. The van der Waals surface area contributed by atoms with Crippen molar-refractivity contribution in [3.8, 4) is 11.5 Å². The van der Waals surface area contributed by atoms with Crippen LogP contribution >= 0.6 is 15.9 Å². The standard InChI is InChI=1S/C17H17BrO2/c1-10-7-11(2)12(3)16(8-10)20-17-9-14(18)5-6-15(17)13(4)19/h5-9H,1-4H3. The maximum Gasteiger partial charge on any atom is 0.163 e. The second-order valence-electron chi connectivity index (χ2n) is 5.00. The van der Waals surface area contributed by atoms with E-state index in [-0.39, 0.29) is 5.78 Å². The van der Waals surface area contributed by atoms with Gasteiger partial charge >= 0.3 is 0 Å². The van der Waals surface area contributed by atoms with Crippen molar-refractivity contribution in [3.05, 3.63) is 57.1 Å². The Morgan fingerprint density at radius 1 is 1.05 bits per heavy atom. The average molecular weight is 333 g/mol. The summed E-state index contributed by atoms with van der Waals surface area (Å²) in [4.78, 5) is 11.7. The molecule has 2 aromatic rings. The van der Waals surface area contributed by atoms with Crippen LogP contribution in [-0.2, 0) is 0 Å². The SMILES string of the molecule is CC(=O)c1ccc(Br)cc1Oc1cc(C)cc(C)c1C. The summed E-state index contributed by atoms with van der Waals surface area (Å²) in [5, 5.41) is 0. The van der Waals surface area contributed by atoms with Crippen LogP contribution in [0.2, 0.25) is 0 Å². The number of halogens is 1. The summed E-state index contributed by atoms with van der Waals surface area (Å²) in [5.41, 5.74) is 4.00. The number of hydrogen-bond acceptors (Lipinski definition) is 2. The van der Waals surface area contributed by atoms with Crippen LogP contribution in [0.5, 0.6) is 11.5 Å². The first-order valence-electron chi connectivity index (χ1n) is 6.44. The molecule has 20 heavy (non-hydrogen) atoms. The molecule has 0 aromatic heterocycles. The predicted octanol–water partition coefficient (Wildman–Crippen LogP) is 5.37. The van der Waals surface area contributed by atoms with Gasteiger partial charge in [0.1, 0.15) is 11.5 Å². The lowest BCUT2D eigenvalue weighted by atomic mass is 10.1. The summed E-state index contributed by atoms with van der Waals surface area (Å²) in [6, 6.07) is 9.56. The summed E-state index contributed by atoms with van der Waals surface area (Å²) < 4.78 is 6.88. The Hall–Kier alpha value is -1.61. The number of benzene rings is 2. The van der Waals surface area contributed by atoms with Gasteiger partial charge in [-0.2, -0.15) is 0 Å². The molecule has 0 spiro atoms. The lowest BCUT2D eigenvalue weighted by Crippen LogP contribution is -1.99. The molecule has 0 atom stereocenters. The first-order chi connectivity index (χ1) is 9.38. The Kier molecular flexibility index (Phi) is 4.29. The second kappa shape index (κ2) is 5.80. The fourth-order valence-electron chi connectivity index (χ4n) is 2.10. The molecule has 0 radical (unpaired) electrons. The number of ketones is 1. The second-order valence-corrected chi connectivity index (χ2v) is 5.92. The van der Waals surface area contributed by atoms with E-state index in [1.807, 2.05) is 32.0 Å². The number of Topliss-reactive ketones (excluding diaryl/α,β-unsaturated/α-hetero) is 1. The Labute approximate surface area is 127 Å². The van der Waals surface area contributed by atoms with Gasteiger partial charge in [-0.1, -0.05) is 22.0 Å². The van der Waals surface area contributed by atoms with Gasteiger partial charge in [-0.25, -0.2) is 0 Å². The van der Waals surface area contributed by atoms with Gasteiger partial charge in [-0.3, -0.25) is 4.79 Å². The maximum absolute atomic E-state index is 11.7. The molecule has 0 aliphatic rings. The zero-order valence-corrected chi connectivity index (χ0v) is 13.7. The first-order valence-corrected chi connectivity index (χ1v) is 7.24. The zero-order chi connectivity index (χ0) is 14.9. The van der Waals surface area contributed by atoms with E-state index in [4.69, 9.17) is 4.74 Å². The van der Waals surface area contributed by atoms with E-state index in [0.29, 0.717) is 11.3 Å². The fourth-order valence-corrected chi connectivity index (χ4v) is 2.44. The lowest BCUT2D eigenvalue weighted by molar-refractivity contribution is 0.101. The van der Waals surface area contributed by atoms with Gasteiger partial charge in [0, 0.05) is 4.47 Å². The Morgan fingerprint density at radius 2 is 1.75 bits per heavy atom. The molecule has 2 nitrogen and oxygen atoms in total. The molecule has 3 heteroatoms. The first kappa shape index (κ1) is 14.8. The predicted molar refractivity (Wildman–Crippen MR) is 84.9 cm³/mol. The van der Waals surface area contributed by atoms with Crippen molar-refractivity contribution in [2.24, 2.45) is 0 Å². The molecule has 2 aromatic carbocycles. The Balaban J connectivity index is 2.50. The molecular formula is C17H17BrO2. The molecule has 0 saturated heterocycles. The number of rotatable bonds is 3. The van der Waals surface area contributed by atoms with E-state index in [9.17, 15) is 4.79 Å². The molecule has 0 bridgehead atoms. The number of carbonyl (C=O) groups is 1. The molecule has 0 fully saturated rings. The van der Waals surface area contributed by atoms with Crippen molar-refractivity contribution >= 4 is 21.7 Å². The highest BCUT2D eigenvalue weighted by Crippen LogP contribution is 2.32. The van der Waals surface area contributed by atoms with E-state index >= 15 is 0 Å². The smallest absolute Gasteiger partial charge is 0.163 e.